The Hall–Kier alpha value is -3.35. The van der Waals surface area contributed by atoms with Gasteiger partial charge in [0.25, 0.3) is 5.56 Å². The van der Waals surface area contributed by atoms with E-state index in [1.807, 2.05) is 30.3 Å². The summed E-state index contributed by atoms with van der Waals surface area (Å²) in [4.78, 5) is 39.4. The van der Waals surface area contributed by atoms with Gasteiger partial charge >= 0.3 is 11.7 Å². The zero-order chi connectivity index (χ0) is 17.6. The normalized spacial score (nSPS) is 18.2. The molecule has 2 aromatic rings. The number of anilines is 1. The number of rotatable bonds is 3. The molecule has 4 rings (SSSR count). The van der Waals surface area contributed by atoms with E-state index in [4.69, 9.17) is 4.74 Å². The Morgan fingerprint density at radius 2 is 2.00 bits per heavy atom. The highest BCUT2D eigenvalue weighted by atomic mass is 16.5. The maximum atomic E-state index is 12.6. The monoisotopic (exact) mass is 337 g/mol. The van der Waals surface area contributed by atoms with Crippen LogP contribution in [0.3, 0.4) is 0 Å². The van der Waals surface area contributed by atoms with E-state index in [0.29, 0.717) is 22.7 Å². The van der Waals surface area contributed by atoms with Crippen LogP contribution in [0, 0.1) is 0 Å². The Balaban J connectivity index is 2.05. The molecule has 126 valence electrons. The van der Waals surface area contributed by atoms with Gasteiger partial charge in [0.15, 0.2) is 0 Å². The molecule has 1 unspecified atom stereocenters. The van der Waals surface area contributed by atoms with E-state index in [2.05, 4.69) is 16.9 Å². The summed E-state index contributed by atoms with van der Waals surface area (Å²) in [5.41, 5.74) is 1.04. The summed E-state index contributed by atoms with van der Waals surface area (Å²) < 4.78 is 6.55. The minimum absolute atomic E-state index is 0.0893. The number of hydrogen-bond donors (Lipinski definition) is 2. The number of benzene rings is 1. The molecule has 0 saturated heterocycles. The minimum Gasteiger partial charge on any atom is -0.456 e. The van der Waals surface area contributed by atoms with Crippen molar-refractivity contribution in [3.05, 3.63) is 86.2 Å². The van der Waals surface area contributed by atoms with Crippen LogP contribution >= 0.6 is 0 Å². The molecule has 0 amide bonds. The molecule has 1 aromatic carbocycles. The number of fused-ring (bicyclic) bond motifs is 1. The summed E-state index contributed by atoms with van der Waals surface area (Å²) >= 11 is 0. The van der Waals surface area contributed by atoms with Crippen molar-refractivity contribution in [2.24, 2.45) is 0 Å². The molecule has 2 aliphatic rings. The number of esters is 1. The maximum Gasteiger partial charge on any atom is 0.337 e. The fraction of sp³-hybridized carbons (Fsp3) is 0.167. The van der Waals surface area contributed by atoms with Crippen LogP contribution in [0.15, 0.2) is 63.8 Å². The standard InChI is InChI=1S/C18H15N3O4/c1-2-8-21-15-14(16(22)20-18(21)24)12(10-6-4-3-5-7-10)13-11(19-15)9-25-17(13)23/h2-7,12,19H,1,8-9H2,(H,20,22,24). The fourth-order valence-corrected chi connectivity index (χ4v) is 3.37. The third kappa shape index (κ3) is 2.24. The van der Waals surface area contributed by atoms with E-state index in [0.717, 1.165) is 5.56 Å². The Kier molecular flexibility index (Phi) is 3.42. The van der Waals surface area contributed by atoms with Gasteiger partial charge in [0.05, 0.1) is 22.8 Å². The number of H-pyrrole nitrogens is 1. The predicted molar refractivity (Wildman–Crippen MR) is 91.4 cm³/mol. The summed E-state index contributed by atoms with van der Waals surface area (Å²) in [7, 11) is 0. The van der Waals surface area contributed by atoms with Crippen LogP contribution in [0.1, 0.15) is 17.0 Å². The Morgan fingerprint density at radius 1 is 1.24 bits per heavy atom. The summed E-state index contributed by atoms with van der Waals surface area (Å²) in [6, 6.07) is 9.23. The molecule has 0 saturated carbocycles. The van der Waals surface area contributed by atoms with Gasteiger partial charge in [0.1, 0.15) is 12.4 Å². The molecule has 0 fully saturated rings. The van der Waals surface area contributed by atoms with Gasteiger partial charge in [-0.25, -0.2) is 9.59 Å². The first-order valence-corrected chi connectivity index (χ1v) is 7.82. The molecular formula is C18H15N3O4. The van der Waals surface area contributed by atoms with Gasteiger partial charge < -0.3 is 10.1 Å². The van der Waals surface area contributed by atoms with E-state index < -0.39 is 23.1 Å². The smallest absolute Gasteiger partial charge is 0.337 e. The van der Waals surface area contributed by atoms with E-state index in [1.165, 1.54) is 4.57 Å². The topological polar surface area (TPSA) is 93.2 Å². The second kappa shape index (κ2) is 5.62. The average Bonchev–Trinajstić information content (AvgIpc) is 2.98. The van der Waals surface area contributed by atoms with Crippen LogP contribution in [0.5, 0.6) is 0 Å². The van der Waals surface area contributed by atoms with Gasteiger partial charge in [-0.05, 0) is 5.56 Å². The predicted octanol–water partition coefficient (Wildman–Crippen LogP) is 1.09. The van der Waals surface area contributed by atoms with Crippen molar-refractivity contribution < 1.29 is 9.53 Å². The molecule has 7 nitrogen and oxygen atoms in total. The lowest BCUT2D eigenvalue weighted by Crippen LogP contribution is -2.38. The maximum absolute atomic E-state index is 12.6. The van der Waals surface area contributed by atoms with Crippen molar-refractivity contribution >= 4 is 11.8 Å². The fourth-order valence-electron chi connectivity index (χ4n) is 3.37. The van der Waals surface area contributed by atoms with Crippen molar-refractivity contribution in [1.82, 2.24) is 9.55 Å². The zero-order valence-corrected chi connectivity index (χ0v) is 13.2. The number of carbonyl (C=O) groups excluding carboxylic acids is 1. The highest BCUT2D eigenvalue weighted by Gasteiger charge is 2.41. The number of carbonyl (C=O) groups is 1. The molecule has 1 aromatic heterocycles. The second-order valence-electron chi connectivity index (χ2n) is 5.86. The van der Waals surface area contributed by atoms with Crippen molar-refractivity contribution in [3.63, 3.8) is 0 Å². The first kappa shape index (κ1) is 15.2. The third-order valence-electron chi connectivity index (χ3n) is 4.42. The van der Waals surface area contributed by atoms with E-state index in [-0.39, 0.29) is 13.2 Å². The summed E-state index contributed by atoms with van der Waals surface area (Å²) in [5, 5.41) is 3.05. The largest absolute Gasteiger partial charge is 0.456 e. The van der Waals surface area contributed by atoms with Crippen LogP contribution in [-0.2, 0) is 16.1 Å². The molecule has 25 heavy (non-hydrogen) atoms. The molecule has 0 radical (unpaired) electrons. The molecule has 0 spiro atoms. The van der Waals surface area contributed by atoms with Gasteiger partial charge in [0, 0.05) is 6.54 Å². The van der Waals surface area contributed by atoms with Crippen LogP contribution in [-0.4, -0.2) is 22.1 Å². The number of nitrogens with zero attached hydrogens (tertiary/aromatic N) is 1. The van der Waals surface area contributed by atoms with Gasteiger partial charge in [-0.15, -0.1) is 6.58 Å². The van der Waals surface area contributed by atoms with E-state index in [1.54, 1.807) is 6.08 Å². The number of ether oxygens (including phenoxy) is 1. The molecule has 2 aliphatic heterocycles. The zero-order valence-electron chi connectivity index (χ0n) is 13.2. The van der Waals surface area contributed by atoms with Crippen LogP contribution in [0.2, 0.25) is 0 Å². The summed E-state index contributed by atoms with van der Waals surface area (Å²) in [6.45, 7) is 3.97. The van der Waals surface area contributed by atoms with E-state index in [9.17, 15) is 14.4 Å². The number of cyclic esters (lactones) is 1. The highest BCUT2D eigenvalue weighted by Crippen LogP contribution is 2.42. The van der Waals surface area contributed by atoms with E-state index >= 15 is 0 Å². The summed E-state index contributed by atoms with van der Waals surface area (Å²) in [5.74, 6) is -0.676. The Morgan fingerprint density at radius 3 is 2.72 bits per heavy atom. The first-order chi connectivity index (χ1) is 12.1. The van der Waals surface area contributed by atoms with Crippen molar-refractivity contribution in [3.8, 4) is 0 Å². The second-order valence-corrected chi connectivity index (χ2v) is 5.86. The Bertz CT molecular complexity index is 1030. The number of nitrogens with one attached hydrogen (secondary N) is 2. The lowest BCUT2D eigenvalue weighted by Gasteiger charge is -2.27. The van der Waals surface area contributed by atoms with Crippen LogP contribution in [0.25, 0.3) is 0 Å². The number of aromatic nitrogens is 2. The minimum atomic E-state index is -0.595. The Labute approximate surface area is 142 Å². The summed E-state index contributed by atoms with van der Waals surface area (Å²) in [6.07, 6.45) is 1.57. The number of hydrogen-bond acceptors (Lipinski definition) is 5. The molecule has 2 N–H and O–H groups in total. The molecular weight excluding hydrogens is 322 g/mol. The van der Waals surface area contributed by atoms with Crippen molar-refractivity contribution in [2.75, 3.05) is 11.9 Å². The third-order valence-corrected chi connectivity index (χ3v) is 4.42. The number of aromatic amines is 1. The van der Waals surface area contributed by atoms with Crippen LogP contribution < -0.4 is 16.6 Å². The molecule has 0 bridgehead atoms. The van der Waals surface area contributed by atoms with Crippen molar-refractivity contribution in [1.29, 1.82) is 0 Å². The molecule has 1 atom stereocenters. The van der Waals surface area contributed by atoms with Gasteiger partial charge in [-0.2, -0.15) is 0 Å². The van der Waals surface area contributed by atoms with Gasteiger partial charge in [0.2, 0.25) is 0 Å². The first-order valence-electron chi connectivity index (χ1n) is 7.82. The number of allylic oxidation sites excluding steroid dienone is 1. The average molecular weight is 337 g/mol. The highest BCUT2D eigenvalue weighted by molar-refractivity contribution is 5.96. The molecule has 0 aliphatic carbocycles. The SMILES string of the molecule is C=CCn1c2c(c(=O)[nH]c1=O)C(c1ccccc1)C1=C(COC1=O)N2. The van der Waals surface area contributed by atoms with Gasteiger partial charge in [-0.3, -0.25) is 14.3 Å². The quantitative estimate of drug-likeness (QED) is 0.646. The van der Waals surface area contributed by atoms with Crippen LogP contribution in [0.4, 0.5) is 5.82 Å². The lowest BCUT2D eigenvalue weighted by molar-refractivity contribution is -0.136. The van der Waals surface area contributed by atoms with Gasteiger partial charge in [-0.1, -0.05) is 36.4 Å². The van der Waals surface area contributed by atoms with Crippen molar-refractivity contribution in [2.45, 2.75) is 12.5 Å². The lowest BCUT2D eigenvalue weighted by atomic mass is 9.83. The molecule has 3 heterocycles. The molecule has 7 heteroatoms.